The number of hydrogen-bond donors (Lipinski definition) is 2. The first-order valence-corrected chi connectivity index (χ1v) is 7.07. The lowest BCUT2D eigenvalue weighted by molar-refractivity contribution is 0.0696. The van der Waals surface area contributed by atoms with E-state index in [-0.39, 0.29) is 10.6 Å². The molecule has 0 bridgehead atoms. The van der Waals surface area contributed by atoms with Crippen LogP contribution in [0.1, 0.15) is 30.1 Å². The summed E-state index contributed by atoms with van der Waals surface area (Å²) >= 11 is 0. The number of aromatic nitrogens is 1. The summed E-state index contributed by atoms with van der Waals surface area (Å²) in [7, 11) is -3.83. The fraction of sp³-hybridized carbons (Fsp3) is 0.333. The van der Waals surface area contributed by atoms with E-state index in [1.54, 1.807) is 0 Å². The summed E-state index contributed by atoms with van der Waals surface area (Å²) in [5.41, 5.74) is -0.0824. The molecule has 1 aromatic heterocycles. The fourth-order valence-corrected chi connectivity index (χ4v) is 2.50. The molecule has 19 heavy (non-hydrogen) atoms. The Hall–Kier alpha value is -1.91. The van der Waals surface area contributed by atoms with Crippen molar-refractivity contribution >= 4 is 16.0 Å². The Morgan fingerprint density at radius 2 is 2.26 bits per heavy atom. The van der Waals surface area contributed by atoms with Crippen LogP contribution in [0.2, 0.25) is 0 Å². The molecule has 7 heteroatoms. The molecule has 1 heterocycles. The molecule has 0 saturated heterocycles. The Labute approximate surface area is 111 Å². The summed E-state index contributed by atoms with van der Waals surface area (Å²) in [4.78, 5) is 14.3. The minimum Gasteiger partial charge on any atom is -0.478 e. The Morgan fingerprint density at radius 1 is 1.58 bits per heavy atom. The van der Waals surface area contributed by atoms with Crippen molar-refractivity contribution in [2.45, 2.75) is 30.8 Å². The van der Waals surface area contributed by atoms with Crippen LogP contribution in [0.4, 0.5) is 0 Å². The summed E-state index contributed by atoms with van der Waals surface area (Å²) in [6, 6.07) is 1.70. The number of aromatic carboxylic acids is 1. The smallest absolute Gasteiger partial charge is 0.337 e. The molecule has 0 radical (unpaired) electrons. The summed E-state index contributed by atoms with van der Waals surface area (Å²) in [6.07, 6.45) is 7.48. The number of pyridine rings is 1. The van der Waals surface area contributed by atoms with Gasteiger partial charge in [-0.3, -0.25) is 0 Å². The van der Waals surface area contributed by atoms with Gasteiger partial charge in [-0.2, -0.15) is 4.72 Å². The molecule has 0 saturated carbocycles. The Kier molecular flexibility index (Phi) is 5.03. The van der Waals surface area contributed by atoms with E-state index in [4.69, 9.17) is 11.5 Å². The van der Waals surface area contributed by atoms with E-state index < -0.39 is 22.0 Å². The molecule has 6 nitrogen and oxygen atoms in total. The Balaban J connectivity index is 2.94. The number of carbonyl (C=O) groups is 1. The van der Waals surface area contributed by atoms with Gasteiger partial charge in [0.25, 0.3) is 10.0 Å². The second kappa shape index (κ2) is 6.31. The number of carboxylic acids is 1. The molecule has 102 valence electrons. The zero-order valence-electron chi connectivity index (χ0n) is 10.3. The summed E-state index contributed by atoms with van der Waals surface area (Å²) in [5, 5.41) is 8.44. The molecule has 0 fully saturated rings. The molecule has 2 N–H and O–H groups in total. The highest BCUT2D eigenvalue weighted by molar-refractivity contribution is 7.89. The van der Waals surface area contributed by atoms with E-state index in [1.807, 2.05) is 6.92 Å². The van der Waals surface area contributed by atoms with Gasteiger partial charge in [-0.05, 0) is 18.6 Å². The van der Waals surface area contributed by atoms with Crippen molar-refractivity contribution in [1.82, 2.24) is 9.71 Å². The van der Waals surface area contributed by atoms with Crippen molar-refractivity contribution in [2.24, 2.45) is 0 Å². The molecule has 0 aliphatic carbocycles. The van der Waals surface area contributed by atoms with Gasteiger partial charge in [0.05, 0.1) is 11.6 Å². The van der Waals surface area contributed by atoms with Crippen molar-refractivity contribution in [2.75, 3.05) is 0 Å². The van der Waals surface area contributed by atoms with E-state index in [0.717, 1.165) is 18.7 Å². The van der Waals surface area contributed by atoms with E-state index in [0.29, 0.717) is 6.42 Å². The van der Waals surface area contributed by atoms with E-state index in [1.165, 1.54) is 6.07 Å². The molecule has 0 aliphatic heterocycles. The van der Waals surface area contributed by atoms with Crippen LogP contribution in [0.5, 0.6) is 0 Å². The third kappa shape index (κ3) is 4.05. The Morgan fingerprint density at radius 3 is 2.68 bits per heavy atom. The number of nitrogens with zero attached hydrogens (tertiary/aromatic N) is 1. The number of hydrogen-bond acceptors (Lipinski definition) is 4. The highest BCUT2D eigenvalue weighted by atomic mass is 32.2. The molecular weight excluding hydrogens is 268 g/mol. The standard InChI is InChI=1S/C12H14N2O4S/c1-3-5-10(4-2)14-19(17,18)11-7-6-9(8-13-11)12(15)16/h2,6-8,10,14H,3,5H2,1H3,(H,15,16). The first kappa shape index (κ1) is 15.1. The fourth-order valence-electron chi connectivity index (χ4n) is 1.38. The molecule has 1 unspecified atom stereocenters. The van der Waals surface area contributed by atoms with Crippen LogP contribution < -0.4 is 4.72 Å². The maximum Gasteiger partial charge on any atom is 0.337 e. The number of carboxylic acid groups (broad SMARTS) is 1. The van der Waals surface area contributed by atoms with Crippen molar-refractivity contribution in [3.05, 3.63) is 23.9 Å². The molecule has 0 spiro atoms. The monoisotopic (exact) mass is 282 g/mol. The quantitative estimate of drug-likeness (QED) is 0.754. The number of nitrogens with one attached hydrogen (secondary N) is 1. The largest absolute Gasteiger partial charge is 0.478 e. The lowest BCUT2D eigenvalue weighted by Gasteiger charge is -2.11. The average molecular weight is 282 g/mol. The van der Waals surface area contributed by atoms with Gasteiger partial charge in [-0.1, -0.05) is 19.3 Å². The molecule has 1 aromatic rings. The number of terminal acetylenes is 1. The predicted octanol–water partition coefficient (Wildman–Crippen LogP) is 0.860. The van der Waals surface area contributed by atoms with Gasteiger partial charge in [0.15, 0.2) is 5.03 Å². The number of rotatable bonds is 6. The highest BCUT2D eigenvalue weighted by Crippen LogP contribution is 2.08. The third-order valence-corrected chi connectivity index (χ3v) is 3.72. The minimum atomic E-state index is -3.83. The van der Waals surface area contributed by atoms with Gasteiger partial charge >= 0.3 is 5.97 Å². The van der Waals surface area contributed by atoms with Crippen molar-refractivity contribution < 1.29 is 18.3 Å². The highest BCUT2D eigenvalue weighted by Gasteiger charge is 2.20. The third-order valence-electron chi connectivity index (χ3n) is 2.33. The molecule has 1 atom stereocenters. The number of sulfonamides is 1. The van der Waals surface area contributed by atoms with Crippen molar-refractivity contribution in [3.63, 3.8) is 0 Å². The summed E-state index contributed by atoms with van der Waals surface area (Å²) < 4.78 is 26.2. The lowest BCUT2D eigenvalue weighted by atomic mass is 10.2. The first-order valence-electron chi connectivity index (χ1n) is 5.58. The van der Waals surface area contributed by atoms with E-state index >= 15 is 0 Å². The van der Waals surface area contributed by atoms with Crippen LogP contribution in [0.15, 0.2) is 23.4 Å². The second-order valence-corrected chi connectivity index (χ2v) is 5.48. The average Bonchev–Trinajstić information content (AvgIpc) is 2.38. The van der Waals surface area contributed by atoms with Crippen LogP contribution in [0.25, 0.3) is 0 Å². The second-order valence-electron chi connectivity index (χ2n) is 3.82. The van der Waals surface area contributed by atoms with Crippen LogP contribution in [-0.2, 0) is 10.0 Å². The normalized spacial score (nSPS) is 12.6. The van der Waals surface area contributed by atoms with Crippen LogP contribution in [0, 0.1) is 12.3 Å². The topological polar surface area (TPSA) is 96.4 Å². The van der Waals surface area contributed by atoms with E-state index in [9.17, 15) is 13.2 Å². The summed E-state index contributed by atoms with van der Waals surface area (Å²) in [6.45, 7) is 1.89. The van der Waals surface area contributed by atoms with Crippen molar-refractivity contribution in [1.29, 1.82) is 0 Å². The molecule has 0 amide bonds. The maximum atomic E-state index is 11.9. The van der Waals surface area contributed by atoms with Gasteiger partial charge in [0, 0.05) is 6.20 Å². The van der Waals surface area contributed by atoms with Gasteiger partial charge in [-0.25, -0.2) is 18.2 Å². The Bertz CT molecular complexity index is 587. The van der Waals surface area contributed by atoms with Crippen molar-refractivity contribution in [3.8, 4) is 12.3 Å². The van der Waals surface area contributed by atoms with Crippen LogP contribution in [-0.4, -0.2) is 30.5 Å². The lowest BCUT2D eigenvalue weighted by Crippen LogP contribution is -2.34. The van der Waals surface area contributed by atoms with Gasteiger partial charge in [-0.15, -0.1) is 6.42 Å². The van der Waals surface area contributed by atoms with E-state index in [2.05, 4.69) is 15.6 Å². The molecule has 1 rings (SSSR count). The molecular formula is C12H14N2O4S. The van der Waals surface area contributed by atoms with Crippen LogP contribution >= 0.6 is 0 Å². The SMILES string of the molecule is C#CC(CCC)NS(=O)(=O)c1ccc(C(=O)O)cn1. The predicted molar refractivity (Wildman–Crippen MR) is 69.0 cm³/mol. The van der Waals surface area contributed by atoms with Gasteiger partial charge in [0.2, 0.25) is 0 Å². The zero-order chi connectivity index (χ0) is 14.5. The van der Waals surface area contributed by atoms with Crippen LogP contribution in [0.3, 0.4) is 0 Å². The minimum absolute atomic E-state index is 0.0824. The zero-order valence-corrected chi connectivity index (χ0v) is 11.1. The molecule has 0 aliphatic rings. The van der Waals surface area contributed by atoms with Gasteiger partial charge in [0.1, 0.15) is 0 Å². The maximum absolute atomic E-state index is 11.9. The van der Waals surface area contributed by atoms with Gasteiger partial charge < -0.3 is 5.11 Å². The summed E-state index contributed by atoms with van der Waals surface area (Å²) in [5.74, 6) is 1.18. The first-order chi connectivity index (χ1) is 8.90. The molecule has 0 aromatic carbocycles.